The Hall–Kier alpha value is -3.32. The van der Waals surface area contributed by atoms with Crippen molar-refractivity contribution in [2.24, 2.45) is 5.10 Å². The third-order valence-electron chi connectivity index (χ3n) is 4.50. The van der Waals surface area contributed by atoms with Crippen LogP contribution in [0, 0.1) is 6.92 Å². The van der Waals surface area contributed by atoms with Crippen molar-refractivity contribution in [2.45, 2.75) is 6.92 Å². The maximum Gasteiger partial charge on any atom is 0.293 e. The van der Waals surface area contributed by atoms with Crippen LogP contribution in [0.1, 0.15) is 21.6 Å². The van der Waals surface area contributed by atoms with Crippen LogP contribution in [-0.4, -0.2) is 49.9 Å². The van der Waals surface area contributed by atoms with E-state index in [4.69, 9.17) is 11.6 Å². The number of carbonyl (C=O) groups is 1. The number of hydrazone groups is 1. The van der Waals surface area contributed by atoms with Gasteiger partial charge in [-0.05, 0) is 36.8 Å². The number of aromatic nitrogens is 2. The highest BCUT2D eigenvalue weighted by Crippen LogP contribution is 2.28. The number of halogens is 1. The van der Waals surface area contributed by atoms with Gasteiger partial charge >= 0.3 is 0 Å². The molecule has 3 aromatic rings. The number of anilines is 2. The molecule has 8 heteroatoms. The number of aryl methyl sites for hydroxylation is 1. The molecule has 1 aromatic heterocycles. The predicted octanol–water partition coefficient (Wildman–Crippen LogP) is 3.73. The molecule has 0 aliphatic carbocycles. The average molecular weight is 425 g/mol. The van der Waals surface area contributed by atoms with Crippen molar-refractivity contribution in [3.05, 3.63) is 70.5 Å². The molecule has 0 atom stereocenters. The molecule has 7 nitrogen and oxygen atoms in total. The summed E-state index contributed by atoms with van der Waals surface area (Å²) in [6.07, 6.45) is 1.58. The zero-order chi connectivity index (χ0) is 21.8. The van der Waals surface area contributed by atoms with Gasteiger partial charge in [0.15, 0.2) is 5.69 Å². The Bertz CT molecular complexity index is 1050. The number of nitrogens with one attached hydrogen (secondary N) is 1. The molecule has 30 heavy (non-hydrogen) atoms. The normalized spacial score (nSPS) is 11.0. The molecule has 2 aromatic carbocycles. The third kappa shape index (κ3) is 4.63. The first-order valence-corrected chi connectivity index (χ1v) is 9.79. The molecule has 1 amide bonds. The zero-order valence-electron chi connectivity index (χ0n) is 17.7. The summed E-state index contributed by atoms with van der Waals surface area (Å²) in [7, 11) is 7.65. The number of benzene rings is 2. The molecular weight excluding hydrogens is 400 g/mol. The fourth-order valence-electron chi connectivity index (χ4n) is 2.83. The van der Waals surface area contributed by atoms with Gasteiger partial charge in [0, 0.05) is 33.9 Å². The Balaban J connectivity index is 1.82. The van der Waals surface area contributed by atoms with Gasteiger partial charge in [0.05, 0.1) is 11.9 Å². The van der Waals surface area contributed by atoms with Crippen molar-refractivity contribution in [3.63, 3.8) is 0 Å². The van der Waals surface area contributed by atoms with E-state index in [9.17, 15) is 4.79 Å². The fourth-order valence-corrected chi connectivity index (χ4v) is 3.14. The molecular formula is C22H25ClN6O. The Kier molecular flexibility index (Phi) is 6.42. The summed E-state index contributed by atoms with van der Waals surface area (Å²) in [6, 6.07) is 15.6. The van der Waals surface area contributed by atoms with Gasteiger partial charge in [0.1, 0.15) is 5.15 Å². The second kappa shape index (κ2) is 9.00. The SMILES string of the molecule is Cc1ccc(-n2c(N(C)C)nc(C(=O)N/N=C/c3ccc(N(C)C)cc3)c2Cl)cc1. The van der Waals surface area contributed by atoms with Crippen molar-refractivity contribution < 1.29 is 4.79 Å². The number of hydrogen-bond acceptors (Lipinski definition) is 5. The van der Waals surface area contributed by atoms with Gasteiger partial charge in [-0.3, -0.25) is 9.36 Å². The highest BCUT2D eigenvalue weighted by atomic mass is 35.5. The van der Waals surface area contributed by atoms with Crippen LogP contribution in [0.5, 0.6) is 0 Å². The second-order valence-corrected chi connectivity index (χ2v) is 7.66. The number of imidazole rings is 1. The Morgan fingerprint density at radius 1 is 1.03 bits per heavy atom. The number of hydrogen-bond donors (Lipinski definition) is 1. The molecule has 0 radical (unpaired) electrons. The summed E-state index contributed by atoms with van der Waals surface area (Å²) in [5, 5.41) is 4.27. The van der Waals surface area contributed by atoms with E-state index in [2.05, 4.69) is 15.5 Å². The Morgan fingerprint density at radius 3 is 2.23 bits per heavy atom. The van der Waals surface area contributed by atoms with Gasteiger partial charge in [-0.2, -0.15) is 5.10 Å². The molecule has 0 unspecified atom stereocenters. The van der Waals surface area contributed by atoms with Gasteiger partial charge in [-0.1, -0.05) is 41.4 Å². The maximum atomic E-state index is 12.7. The minimum atomic E-state index is -0.477. The average Bonchev–Trinajstić information content (AvgIpc) is 3.06. The van der Waals surface area contributed by atoms with E-state index < -0.39 is 5.91 Å². The van der Waals surface area contributed by atoms with Crippen molar-refractivity contribution in [3.8, 4) is 5.69 Å². The van der Waals surface area contributed by atoms with E-state index in [0.717, 1.165) is 22.5 Å². The highest BCUT2D eigenvalue weighted by Gasteiger charge is 2.23. The van der Waals surface area contributed by atoms with Crippen molar-refractivity contribution in [1.82, 2.24) is 15.0 Å². The largest absolute Gasteiger partial charge is 0.378 e. The minimum Gasteiger partial charge on any atom is -0.378 e. The van der Waals surface area contributed by atoms with Crippen LogP contribution < -0.4 is 15.2 Å². The molecule has 0 spiro atoms. The van der Waals surface area contributed by atoms with Gasteiger partial charge in [0.2, 0.25) is 5.95 Å². The topological polar surface area (TPSA) is 65.8 Å². The third-order valence-corrected chi connectivity index (χ3v) is 4.85. The minimum absolute atomic E-state index is 0.112. The quantitative estimate of drug-likeness (QED) is 0.483. The van der Waals surface area contributed by atoms with Gasteiger partial charge < -0.3 is 9.80 Å². The number of nitrogens with zero attached hydrogens (tertiary/aromatic N) is 5. The molecule has 0 aliphatic heterocycles. The maximum absolute atomic E-state index is 12.7. The number of rotatable bonds is 6. The lowest BCUT2D eigenvalue weighted by Gasteiger charge is -2.15. The zero-order valence-corrected chi connectivity index (χ0v) is 18.5. The lowest BCUT2D eigenvalue weighted by Crippen LogP contribution is -2.19. The van der Waals surface area contributed by atoms with E-state index in [1.54, 1.807) is 15.7 Å². The first-order chi connectivity index (χ1) is 14.3. The van der Waals surface area contributed by atoms with Crippen LogP contribution in [0.3, 0.4) is 0 Å². The lowest BCUT2D eigenvalue weighted by molar-refractivity contribution is 0.0951. The second-order valence-electron chi connectivity index (χ2n) is 7.30. The van der Waals surface area contributed by atoms with Crippen molar-refractivity contribution in [2.75, 3.05) is 38.0 Å². The van der Waals surface area contributed by atoms with E-state index in [1.165, 1.54) is 0 Å². The van der Waals surface area contributed by atoms with Gasteiger partial charge in [-0.15, -0.1) is 0 Å². The fraction of sp³-hybridized carbons (Fsp3) is 0.227. The van der Waals surface area contributed by atoms with E-state index in [-0.39, 0.29) is 10.8 Å². The summed E-state index contributed by atoms with van der Waals surface area (Å²) >= 11 is 6.54. The van der Waals surface area contributed by atoms with E-state index in [1.807, 2.05) is 88.5 Å². The van der Waals surface area contributed by atoms with Crippen LogP contribution in [0.25, 0.3) is 5.69 Å². The van der Waals surface area contributed by atoms with Crippen molar-refractivity contribution in [1.29, 1.82) is 0 Å². The summed E-state index contributed by atoms with van der Waals surface area (Å²) < 4.78 is 1.74. The summed E-state index contributed by atoms with van der Waals surface area (Å²) in [5.74, 6) is 0.0763. The smallest absolute Gasteiger partial charge is 0.293 e. The first-order valence-electron chi connectivity index (χ1n) is 9.41. The van der Waals surface area contributed by atoms with Crippen LogP contribution in [0.15, 0.2) is 53.6 Å². The molecule has 1 heterocycles. The number of carbonyl (C=O) groups excluding carboxylic acids is 1. The predicted molar refractivity (Wildman–Crippen MR) is 123 cm³/mol. The molecule has 1 N–H and O–H groups in total. The first kappa shape index (κ1) is 21.4. The standard InChI is InChI=1S/C22H25ClN6O/c1-15-6-10-18(11-7-15)29-20(23)19(25-22(29)28(4)5)21(30)26-24-14-16-8-12-17(13-9-16)27(2)3/h6-14H,1-5H3,(H,26,30)/b24-14+. The molecule has 3 rings (SSSR count). The van der Waals surface area contributed by atoms with Crippen LogP contribution in [-0.2, 0) is 0 Å². The van der Waals surface area contributed by atoms with Crippen molar-refractivity contribution >= 4 is 35.4 Å². The summed E-state index contributed by atoms with van der Waals surface area (Å²) in [5.41, 5.74) is 6.53. The molecule has 0 fully saturated rings. The van der Waals surface area contributed by atoms with Crippen LogP contribution in [0.4, 0.5) is 11.6 Å². The van der Waals surface area contributed by atoms with E-state index in [0.29, 0.717) is 5.95 Å². The Labute approximate surface area is 181 Å². The molecule has 0 saturated heterocycles. The molecule has 0 saturated carbocycles. The van der Waals surface area contributed by atoms with E-state index >= 15 is 0 Å². The highest BCUT2D eigenvalue weighted by molar-refractivity contribution is 6.33. The molecule has 156 valence electrons. The van der Waals surface area contributed by atoms with Crippen LogP contribution in [0.2, 0.25) is 5.15 Å². The lowest BCUT2D eigenvalue weighted by atomic mass is 10.2. The molecule has 0 aliphatic rings. The van der Waals surface area contributed by atoms with Crippen LogP contribution >= 0.6 is 11.6 Å². The summed E-state index contributed by atoms with van der Waals surface area (Å²) in [6.45, 7) is 2.01. The monoisotopic (exact) mass is 424 g/mol. The Morgan fingerprint density at radius 2 is 1.67 bits per heavy atom. The van der Waals surface area contributed by atoms with Gasteiger partial charge in [-0.25, -0.2) is 10.4 Å². The summed E-state index contributed by atoms with van der Waals surface area (Å²) in [4.78, 5) is 20.9. The molecule has 0 bridgehead atoms. The number of amides is 1. The van der Waals surface area contributed by atoms with Gasteiger partial charge in [0.25, 0.3) is 5.91 Å².